The van der Waals surface area contributed by atoms with Gasteiger partial charge in [0.05, 0.1) is 30.4 Å². The Hall–Kier alpha value is -2.79. The summed E-state index contributed by atoms with van der Waals surface area (Å²) in [5, 5.41) is 10.3. The number of amides is 2. The van der Waals surface area contributed by atoms with Gasteiger partial charge < -0.3 is 4.74 Å². The average molecular weight is 449 g/mol. The quantitative estimate of drug-likeness (QED) is 0.747. The number of carbonyl (C=O) groups excluding carboxylic acids is 2. The number of rotatable bonds is 5. The first-order valence-corrected chi connectivity index (χ1v) is 12.1. The molecule has 158 valence electrons. The van der Waals surface area contributed by atoms with Crippen LogP contribution in [0.5, 0.6) is 5.75 Å². The predicted molar refractivity (Wildman–Crippen MR) is 113 cm³/mol. The SMILES string of the molecule is COc1ccc(-c2csc(NC(=O)C3=NN(C4CCS(=O)(=O)C4)C(=O)CC3)n2)cc1. The first-order chi connectivity index (χ1) is 14.3. The molecule has 1 N–H and O–H groups in total. The van der Waals surface area contributed by atoms with E-state index in [1.807, 2.05) is 29.6 Å². The number of carbonyl (C=O) groups is 2. The van der Waals surface area contributed by atoms with Crippen LogP contribution in [-0.4, -0.2) is 60.6 Å². The molecule has 2 amide bonds. The second-order valence-electron chi connectivity index (χ2n) is 7.06. The summed E-state index contributed by atoms with van der Waals surface area (Å²) in [6, 6.07) is 6.91. The molecule has 0 radical (unpaired) electrons. The van der Waals surface area contributed by atoms with Gasteiger partial charge in [-0.05, 0) is 30.7 Å². The van der Waals surface area contributed by atoms with Gasteiger partial charge in [0.1, 0.15) is 11.5 Å². The zero-order valence-electron chi connectivity index (χ0n) is 16.2. The van der Waals surface area contributed by atoms with Crippen molar-refractivity contribution in [1.82, 2.24) is 9.99 Å². The van der Waals surface area contributed by atoms with Crippen molar-refractivity contribution >= 4 is 43.8 Å². The number of ether oxygens (including phenoxy) is 1. The maximum Gasteiger partial charge on any atom is 0.273 e. The van der Waals surface area contributed by atoms with Gasteiger partial charge in [0.2, 0.25) is 5.91 Å². The molecule has 0 bridgehead atoms. The number of hydrogen-bond acceptors (Lipinski definition) is 8. The maximum absolute atomic E-state index is 12.6. The Kier molecular flexibility index (Phi) is 5.56. The third-order valence-electron chi connectivity index (χ3n) is 4.99. The Morgan fingerprint density at radius 1 is 1.27 bits per heavy atom. The number of nitrogens with zero attached hydrogens (tertiary/aromatic N) is 3. The van der Waals surface area contributed by atoms with Crippen molar-refractivity contribution in [2.75, 3.05) is 23.9 Å². The standard InChI is InChI=1S/C19H20N4O5S2/c1-28-14-4-2-12(3-5-14)16-10-29-19(20-16)21-18(25)15-6-7-17(24)23(22-15)13-8-9-30(26,27)11-13/h2-5,10,13H,6-9,11H2,1H3,(H,20,21,25). The Morgan fingerprint density at radius 3 is 2.70 bits per heavy atom. The molecule has 9 nitrogen and oxygen atoms in total. The van der Waals surface area contributed by atoms with Gasteiger partial charge in [-0.15, -0.1) is 11.3 Å². The summed E-state index contributed by atoms with van der Waals surface area (Å²) in [4.78, 5) is 29.3. The van der Waals surface area contributed by atoms with E-state index in [1.54, 1.807) is 7.11 Å². The molecule has 2 aliphatic rings. The Labute approximate surface area is 177 Å². The first-order valence-electron chi connectivity index (χ1n) is 9.36. The minimum absolute atomic E-state index is 0.0335. The van der Waals surface area contributed by atoms with Crippen molar-refractivity contribution in [2.24, 2.45) is 5.10 Å². The van der Waals surface area contributed by atoms with Crippen molar-refractivity contribution < 1.29 is 22.7 Å². The van der Waals surface area contributed by atoms with Crippen LogP contribution in [0.25, 0.3) is 11.3 Å². The number of thiazole rings is 1. The van der Waals surface area contributed by atoms with Gasteiger partial charge >= 0.3 is 0 Å². The molecule has 0 aliphatic carbocycles. The third kappa shape index (κ3) is 4.36. The molecule has 11 heteroatoms. The van der Waals surface area contributed by atoms with Crippen LogP contribution in [0.15, 0.2) is 34.7 Å². The highest BCUT2D eigenvalue weighted by molar-refractivity contribution is 7.91. The van der Waals surface area contributed by atoms with Crippen LogP contribution in [0.1, 0.15) is 19.3 Å². The smallest absolute Gasteiger partial charge is 0.273 e. The lowest BCUT2D eigenvalue weighted by Gasteiger charge is -2.27. The molecule has 1 unspecified atom stereocenters. The van der Waals surface area contributed by atoms with Crippen LogP contribution in [0.2, 0.25) is 0 Å². The Balaban J connectivity index is 1.46. The van der Waals surface area contributed by atoms with E-state index in [2.05, 4.69) is 15.4 Å². The predicted octanol–water partition coefficient (Wildman–Crippen LogP) is 1.92. The fourth-order valence-corrected chi connectivity index (χ4v) is 5.79. The molecule has 0 saturated carbocycles. The first kappa shape index (κ1) is 20.5. The van der Waals surface area contributed by atoms with Crippen molar-refractivity contribution in [2.45, 2.75) is 25.3 Å². The summed E-state index contributed by atoms with van der Waals surface area (Å²) < 4.78 is 28.6. The fourth-order valence-electron chi connectivity index (χ4n) is 3.38. The molecule has 1 aromatic carbocycles. The summed E-state index contributed by atoms with van der Waals surface area (Å²) in [5.41, 5.74) is 1.80. The normalized spacial score (nSPS) is 20.7. The average Bonchev–Trinajstić information content (AvgIpc) is 3.34. The van der Waals surface area contributed by atoms with Crippen LogP contribution >= 0.6 is 11.3 Å². The van der Waals surface area contributed by atoms with Crippen molar-refractivity contribution in [3.8, 4) is 17.0 Å². The van der Waals surface area contributed by atoms with Gasteiger partial charge in [-0.25, -0.2) is 18.4 Å². The van der Waals surface area contributed by atoms with E-state index in [0.717, 1.165) is 17.0 Å². The molecule has 2 aromatic rings. The highest BCUT2D eigenvalue weighted by atomic mass is 32.2. The molecule has 3 heterocycles. The van der Waals surface area contributed by atoms with E-state index in [-0.39, 0.29) is 36.0 Å². The molecule has 1 aromatic heterocycles. The highest BCUT2D eigenvalue weighted by Crippen LogP contribution is 2.27. The van der Waals surface area contributed by atoms with Crippen LogP contribution < -0.4 is 10.1 Å². The summed E-state index contributed by atoms with van der Waals surface area (Å²) >= 11 is 1.28. The fraction of sp³-hybridized carbons (Fsp3) is 0.368. The van der Waals surface area contributed by atoms with Crippen molar-refractivity contribution in [1.29, 1.82) is 0 Å². The van der Waals surface area contributed by atoms with E-state index < -0.39 is 21.8 Å². The number of nitrogens with one attached hydrogen (secondary N) is 1. The molecule has 1 saturated heterocycles. The van der Waals surface area contributed by atoms with E-state index >= 15 is 0 Å². The van der Waals surface area contributed by atoms with Crippen molar-refractivity contribution in [3.63, 3.8) is 0 Å². The monoisotopic (exact) mass is 448 g/mol. The zero-order chi connectivity index (χ0) is 21.3. The molecule has 30 heavy (non-hydrogen) atoms. The number of benzene rings is 1. The number of anilines is 1. The minimum Gasteiger partial charge on any atom is -0.497 e. The van der Waals surface area contributed by atoms with Gasteiger partial charge in [0.15, 0.2) is 15.0 Å². The van der Waals surface area contributed by atoms with Crippen LogP contribution in [-0.2, 0) is 19.4 Å². The molecule has 2 aliphatic heterocycles. The maximum atomic E-state index is 12.6. The van der Waals surface area contributed by atoms with E-state index in [0.29, 0.717) is 11.6 Å². The molecule has 1 fully saturated rings. The summed E-state index contributed by atoms with van der Waals surface area (Å²) in [6.45, 7) is 0. The Bertz CT molecular complexity index is 1110. The second kappa shape index (κ2) is 8.15. The lowest BCUT2D eigenvalue weighted by molar-refractivity contribution is -0.133. The van der Waals surface area contributed by atoms with Gasteiger partial charge in [-0.3, -0.25) is 14.9 Å². The molecular formula is C19H20N4O5S2. The van der Waals surface area contributed by atoms with Gasteiger partial charge in [-0.2, -0.15) is 5.10 Å². The molecule has 1 atom stereocenters. The minimum atomic E-state index is -3.16. The summed E-state index contributed by atoms with van der Waals surface area (Å²) in [5.74, 6) is -0.0405. The van der Waals surface area contributed by atoms with E-state index in [4.69, 9.17) is 4.74 Å². The number of aromatic nitrogens is 1. The number of hydrazone groups is 1. The number of hydrogen-bond donors (Lipinski definition) is 1. The lowest BCUT2D eigenvalue weighted by Crippen LogP contribution is -2.42. The zero-order valence-corrected chi connectivity index (χ0v) is 17.8. The van der Waals surface area contributed by atoms with Gasteiger partial charge in [-0.1, -0.05) is 0 Å². The highest BCUT2D eigenvalue weighted by Gasteiger charge is 2.37. The molecule has 4 rings (SSSR count). The van der Waals surface area contributed by atoms with Crippen LogP contribution in [0.4, 0.5) is 5.13 Å². The second-order valence-corrected chi connectivity index (χ2v) is 10.1. The molecular weight excluding hydrogens is 428 g/mol. The summed E-state index contributed by atoms with van der Waals surface area (Å²) in [7, 11) is -1.57. The van der Waals surface area contributed by atoms with Crippen molar-refractivity contribution in [3.05, 3.63) is 29.6 Å². The summed E-state index contributed by atoms with van der Waals surface area (Å²) in [6.07, 6.45) is 0.666. The van der Waals surface area contributed by atoms with Gasteiger partial charge in [0, 0.05) is 23.8 Å². The van der Waals surface area contributed by atoms with E-state index in [9.17, 15) is 18.0 Å². The number of methoxy groups -OCH3 is 1. The van der Waals surface area contributed by atoms with Crippen LogP contribution in [0, 0.1) is 0 Å². The topological polar surface area (TPSA) is 118 Å². The lowest BCUT2D eigenvalue weighted by atomic mass is 10.1. The molecule has 0 spiro atoms. The Morgan fingerprint density at radius 2 is 2.03 bits per heavy atom. The third-order valence-corrected chi connectivity index (χ3v) is 7.49. The largest absolute Gasteiger partial charge is 0.497 e. The van der Waals surface area contributed by atoms with Crippen LogP contribution in [0.3, 0.4) is 0 Å². The number of sulfone groups is 1. The van der Waals surface area contributed by atoms with E-state index in [1.165, 1.54) is 16.3 Å². The van der Waals surface area contributed by atoms with Gasteiger partial charge in [0.25, 0.3) is 5.91 Å².